The first-order chi connectivity index (χ1) is 14.8. The van der Waals surface area contributed by atoms with Gasteiger partial charge in [0.2, 0.25) is 0 Å². The van der Waals surface area contributed by atoms with E-state index < -0.39 is 17.8 Å². The number of aromatic nitrogens is 2. The molecular weight excluding hydrogens is 560 g/mol. The van der Waals surface area contributed by atoms with Crippen LogP contribution in [0.25, 0.3) is 23.0 Å². The lowest BCUT2D eigenvalue weighted by Gasteiger charge is -2.11. The molecule has 0 spiro atoms. The highest BCUT2D eigenvalue weighted by atomic mass is 79.9. The summed E-state index contributed by atoms with van der Waals surface area (Å²) in [5.74, 6) is -0.533. The molecule has 11 heteroatoms. The zero-order valence-corrected chi connectivity index (χ0v) is 19.3. The number of imide groups is 1. The SMILES string of the molecule is O=C1NC(=O)/C(=C/c2cn(-c3ccccc3)nc2-c2cc(Br)c(OC(F)F)c(Br)c2)S1. The zero-order valence-electron chi connectivity index (χ0n) is 15.3. The number of nitrogens with one attached hydrogen (secondary N) is 1. The van der Waals surface area contributed by atoms with Crippen molar-refractivity contribution in [3.05, 3.63) is 68.1 Å². The van der Waals surface area contributed by atoms with Gasteiger partial charge in [0.1, 0.15) is 5.69 Å². The Morgan fingerprint density at radius 2 is 1.81 bits per heavy atom. The Balaban J connectivity index is 1.85. The number of amides is 2. The normalized spacial score (nSPS) is 15.1. The second kappa shape index (κ2) is 8.93. The van der Waals surface area contributed by atoms with Crippen molar-refractivity contribution >= 4 is 60.8 Å². The molecule has 0 saturated carbocycles. The predicted octanol–water partition coefficient (Wildman–Crippen LogP) is 5.99. The van der Waals surface area contributed by atoms with Gasteiger partial charge in [0.25, 0.3) is 11.1 Å². The lowest BCUT2D eigenvalue weighted by atomic mass is 10.1. The Labute approximate surface area is 195 Å². The van der Waals surface area contributed by atoms with Crippen molar-refractivity contribution in [2.45, 2.75) is 6.61 Å². The molecule has 1 saturated heterocycles. The molecule has 158 valence electrons. The van der Waals surface area contributed by atoms with E-state index in [4.69, 9.17) is 0 Å². The van der Waals surface area contributed by atoms with Gasteiger partial charge in [-0.25, -0.2) is 4.68 Å². The van der Waals surface area contributed by atoms with Crippen molar-refractivity contribution in [1.82, 2.24) is 15.1 Å². The molecule has 1 aliphatic rings. The number of thioether (sulfide) groups is 1. The molecule has 0 atom stereocenters. The quantitative estimate of drug-likeness (QED) is 0.381. The van der Waals surface area contributed by atoms with Crippen LogP contribution in [0.5, 0.6) is 5.75 Å². The third kappa shape index (κ3) is 4.73. The number of hydrogen-bond donors (Lipinski definition) is 1. The largest absolute Gasteiger partial charge is 0.432 e. The fraction of sp³-hybridized carbons (Fsp3) is 0.0500. The third-order valence-corrected chi connectivity index (χ3v) is 6.16. The van der Waals surface area contributed by atoms with E-state index >= 15 is 0 Å². The molecule has 1 N–H and O–H groups in total. The molecule has 1 fully saturated rings. The number of nitrogens with zero attached hydrogens (tertiary/aromatic N) is 2. The number of hydrogen-bond acceptors (Lipinski definition) is 5. The fourth-order valence-corrected chi connectivity index (χ4v) is 4.94. The van der Waals surface area contributed by atoms with Gasteiger partial charge in [-0.3, -0.25) is 14.9 Å². The van der Waals surface area contributed by atoms with Crippen molar-refractivity contribution in [3.63, 3.8) is 0 Å². The van der Waals surface area contributed by atoms with E-state index in [-0.39, 0.29) is 10.7 Å². The molecule has 2 amide bonds. The Kier molecular flexibility index (Phi) is 6.26. The highest BCUT2D eigenvalue weighted by Crippen LogP contribution is 2.40. The highest BCUT2D eigenvalue weighted by Gasteiger charge is 2.26. The van der Waals surface area contributed by atoms with Crippen molar-refractivity contribution in [2.75, 3.05) is 0 Å². The van der Waals surface area contributed by atoms with Crippen LogP contribution in [0, 0.1) is 0 Å². The molecule has 4 rings (SSSR count). The maximum Gasteiger partial charge on any atom is 0.387 e. The van der Waals surface area contributed by atoms with Gasteiger partial charge in [-0.1, -0.05) is 18.2 Å². The van der Waals surface area contributed by atoms with Crippen LogP contribution in [-0.2, 0) is 4.79 Å². The van der Waals surface area contributed by atoms with E-state index in [1.165, 1.54) is 0 Å². The first-order valence-corrected chi connectivity index (χ1v) is 11.1. The molecule has 0 unspecified atom stereocenters. The van der Waals surface area contributed by atoms with Gasteiger partial charge in [-0.15, -0.1) is 0 Å². The van der Waals surface area contributed by atoms with Crippen LogP contribution in [0.2, 0.25) is 0 Å². The molecule has 6 nitrogen and oxygen atoms in total. The minimum absolute atomic E-state index is 0.0440. The van der Waals surface area contributed by atoms with Gasteiger partial charge in [-0.05, 0) is 74.0 Å². The number of alkyl halides is 2. The summed E-state index contributed by atoms with van der Waals surface area (Å²) in [6.45, 7) is -2.98. The molecule has 0 radical (unpaired) electrons. The van der Waals surface area contributed by atoms with Crippen molar-refractivity contribution < 1.29 is 23.1 Å². The van der Waals surface area contributed by atoms with Crippen LogP contribution in [0.15, 0.2) is 62.5 Å². The Bertz CT molecular complexity index is 1190. The smallest absolute Gasteiger partial charge is 0.387 e. The second-order valence-corrected chi connectivity index (χ2v) is 8.94. The number of carbonyl (C=O) groups is 2. The van der Waals surface area contributed by atoms with Gasteiger partial charge in [-0.2, -0.15) is 13.9 Å². The summed E-state index contributed by atoms with van der Waals surface area (Å²) >= 11 is 7.30. The second-order valence-electron chi connectivity index (χ2n) is 6.21. The first-order valence-electron chi connectivity index (χ1n) is 8.66. The van der Waals surface area contributed by atoms with Gasteiger partial charge in [0.15, 0.2) is 5.75 Å². The van der Waals surface area contributed by atoms with Crippen LogP contribution in [0.1, 0.15) is 5.56 Å². The van der Waals surface area contributed by atoms with Crippen LogP contribution in [0.3, 0.4) is 0 Å². The van der Waals surface area contributed by atoms with E-state index in [2.05, 4.69) is 47.0 Å². The third-order valence-electron chi connectivity index (χ3n) is 4.17. The van der Waals surface area contributed by atoms with Gasteiger partial charge < -0.3 is 4.74 Å². The minimum atomic E-state index is -2.98. The van der Waals surface area contributed by atoms with Gasteiger partial charge >= 0.3 is 6.61 Å². The number of carbonyl (C=O) groups excluding carboxylic acids is 2. The summed E-state index contributed by atoms with van der Waals surface area (Å²) in [7, 11) is 0. The predicted molar refractivity (Wildman–Crippen MR) is 120 cm³/mol. The minimum Gasteiger partial charge on any atom is -0.432 e. The van der Waals surface area contributed by atoms with E-state index in [0.29, 0.717) is 25.8 Å². The lowest BCUT2D eigenvalue weighted by Crippen LogP contribution is -2.17. The number of rotatable bonds is 5. The number of para-hydroxylation sites is 1. The summed E-state index contributed by atoms with van der Waals surface area (Å²) in [4.78, 5) is 23.8. The van der Waals surface area contributed by atoms with Crippen LogP contribution >= 0.6 is 43.6 Å². The molecule has 1 aliphatic heterocycles. The van der Waals surface area contributed by atoms with E-state index in [0.717, 1.165) is 17.4 Å². The van der Waals surface area contributed by atoms with Crippen molar-refractivity contribution in [1.29, 1.82) is 0 Å². The van der Waals surface area contributed by atoms with E-state index in [1.54, 1.807) is 29.1 Å². The molecule has 2 heterocycles. The average Bonchev–Trinajstić information content (AvgIpc) is 3.28. The molecular formula is C20H11Br2F2N3O3S. The standard InChI is InChI=1S/C20H11Br2F2N3O3S/c21-13-6-10(7-14(22)17(13)30-19(23)24)16-11(8-15-18(28)25-20(29)31-15)9-27(26-16)12-4-2-1-3-5-12/h1-9,19H,(H,25,28,29)/b15-8-. The molecule has 1 aromatic heterocycles. The summed E-state index contributed by atoms with van der Waals surface area (Å²) in [5.41, 5.74) is 2.41. The summed E-state index contributed by atoms with van der Waals surface area (Å²) in [5, 5.41) is 6.39. The first kappa shape index (κ1) is 21.7. The Morgan fingerprint density at radius 1 is 1.13 bits per heavy atom. The van der Waals surface area contributed by atoms with Gasteiger partial charge in [0, 0.05) is 17.3 Å². The maximum atomic E-state index is 12.7. The van der Waals surface area contributed by atoms with Gasteiger partial charge in [0.05, 0.1) is 19.5 Å². The number of benzene rings is 2. The Morgan fingerprint density at radius 3 is 2.39 bits per heavy atom. The van der Waals surface area contributed by atoms with Crippen molar-refractivity contribution in [3.8, 4) is 22.7 Å². The van der Waals surface area contributed by atoms with Crippen LogP contribution in [-0.4, -0.2) is 27.5 Å². The maximum absolute atomic E-state index is 12.7. The Hall–Kier alpha value is -2.50. The molecule has 0 aliphatic carbocycles. The molecule has 0 bridgehead atoms. The molecule has 31 heavy (non-hydrogen) atoms. The van der Waals surface area contributed by atoms with Crippen LogP contribution < -0.4 is 10.1 Å². The van der Waals surface area contributed by atoms with Crippen molar-refractivity contribution in [2.24, 2.45) is 0 Å². The fourth-order valence-electron chi connectivity index (χ4n) is 2.89. The topological polar surface area (TPSA) is 73.2 Å². The summed E-state index contributed by atoms with van der Waals surface area (Å²) < 4.78 is 32.2. The van der Waals surface area contributed by atoms with Crippen LogP contribution in [0.4, 0.5) is 13.6 Å². The number of halogens is 4. The molecule has 2 aromatic carbocycles. The van der Waals surface area contributed by atoms with E-state index in [1.807, 2.05) is 30.3 Å². The number of ether oxygens (including phenoxy) is 1. The summed E-state index contributed by atoms with van der Waals surface area (Å²) in [6, 6.07) is 12.5. The van der Waals surface area contributed by atoms with E-state index in [9.17, 15) is 18.4 Å². The average molecular weight is 571 g/mol. The highest BCUT2D eigenvalue weighted by molar-refractivity contribution is 9.11. The molecule has 3 aromatic rings. The lowest BCUT2D eigenvalue weighted by molar-refractivity contribution is -0.115. The monoisotopic (exact) mass is 569 g/mol. The summed E-state index contributed by atoms with van der Waals surface area (Å²) in [6.07, 6.45) is 3.29. The zero-order chi connectivity index (χ0) is 22.1.